The fraction of sp³-hybridized carbons (Fsp3) is 0.800. The smallest absolute Gasteiger partial charge is 0.320 e. The van der Waals surface area contributed by atoms with Crippen LogP contribution in [0.4, 0.5) is 0 Å². The Morgan fingerprint density at radius 1 is 1.40 bits per heavy atom. The summed E-state index contributed by atoms with van der Waals surface area (Å²) in [6.45, 7) is 0. The lowest BCUT2D eigenvalue weighted by atomic mass is 9.84. The van der Waals surface area contributed by atoms with Gasteiger partial charge in [0.05, 0.1) is 5.92 Å². The molecule has 0 heterocycles. The Morgan fingerprint density at radius 2 is 2.07 bits per heavy atom. The number of rotatable bonds is 3. The normalized spacial score (nSPS) is 40.3. The molecule has 2 aliphatic carbocycles. The SMILES string of the molecule is NC(C(=O)O)[C@@H]1CCCC12CC2C(=O)O. The van der Waals surface area contributed by atoms with Crippen molar-refractivity contribution in [3.8, 4) is 0 Å². The molecule has 5 heteroatoms. The standard InChI is InChI=1S/C10H15NO4/c11-7(9(14)15)5-2-1-3-10(5)4-6(10)8(12)13/h5-7H,1-4,11H2,(H,12,13)(H,14,15)/t5-,6?,7?,10?/m0/s1. The molecule has 2 fully saturated rings. The molecule has 15 heavy (non-hydrogen) atoms. The molecular formula is C10H15NO4. The summed E-state index contributed by atoms with van der Waals surface area (Å²) < 4.78 is 0. The van der Waals surface area contributed by atoms with Gasteiger partial charge in [0.1, 0.15) is 6.04 Å². The number of nitrogens with two attached hydrogens (primary N) is 1. The third-order valence-corrected chi connectivity index (χ3v) is 4.03. The molecule has 0 aromatic rings. The van der Waals surface area contributed by atoms with Crippen LogP contribution in [-0.4, -0.2) is 28.2 Å². The fourth-order valence-electron chi connectivity index (χ4n) is 3.17. The second-order valence-electron chi connectivity index (χ2n) is 4.69. The molecule has 84 valence electrons. The van der Waals surface area contributed by atoms with E-state index in [9.17, 15) is 9.59 Å². The lowest BCUT2D eigenvalue weighted by Gasteiger charge is -2.22. The number of carboxylic acid groups (broad SMARTS) is 2. The zero-order valence-electron chi connectivity index (χ0n) is 8.35. The molecule has 0 saturated heterocycles. The minimum absolute atomic E-state index is 0.156. The minimum Gasteiger partial charge on any atom is -0.481 e. The average molecular weight is 213 g/mol. The van der Waals surface area contributed by atoms with Crippen molar-refractivity contribution in [1.82, 2.24) is 0 Å². The van der Waals surface area contributed by atoms with E-state index in [1.165, 1.54) is 0 Å². The van der Waals surface area contributed by atoms with Crippen LogP contribution >= 0.6 is 0 Å². The van der Waals surface area contributed by atoms with E-state index >= 15 is 0 Å². The molecule has 2 rings (SSSR count). The van der Waals surface area contributed by atoms with Gasteiger partial charge >= 0.3 is 11.9 Å². The number of carbonyl (C=O) groups is 2. The van der Waals surface area contributed by atoms with Gasteiger partial charge in [-0.1, -0.05) is 6.42 Å². The Kier molecular flexibility index (Phi) is 2.22. The summed E-state index contributed by atoms with van der Waals surface area (Å²) in [6, 6.07) is -0.906. The van der Waals surface area contributed by atoms with Gasteiger partial charge < -0.3 is 15.9 Å². The van der Waals surface area contributed by atoms with Crippen LogP contribution in [0.1, 0.15) is 25.7 Å². The second-order valence-corrected chi connectivity index (χ2v) is 4.69. The molecule has 0 amide bonds. The highest BCUT2D eigenvalue weighted by Gasteiger charge is 2.65. The van der Waals surface area contributed by atoms with E-state index in [4.69, 9.17) is 15.9 Å². The summed E-state index contributed by atoms with van der Waals surface area (Å²) in [7, 11) is 0. The summed E-state index contributed by atoms with van der Waals surface area (Å²) in [6.07, 6.45) is 3.07. The van der Waals surface area contributed by atoms with Crippen LogP contribution in [0.3, 0.4) is 0 Å². The van der Waals surface area contributed by atoms with Crippen LogP contribution in [0.5, 0.6) is 0 Å². The highest BCUT2D eigenvalue weighted by molar-refractivity contribution is 5.77. The van der Waals surface area contributed by atoms with Crippen LogP contribution in [0.15, 0.2) is 0 Å². The molecular weight excluding hydrogens is 198 g/mol. The third kappa shape index (κ3) is 1.42. The van der Waals surface area contributed by atoms with Crippen molar-refractivity contribution in [2.75, 3.05) is 0 Å². The van der Waals surface area contributed by atoms with Gasteiger partial charge in [-0.05, 0) is 30.6 Å². The van der Waals surface area contributed by atoms with Crippen molar-refractivity contribution < 1.29 is 19.8 Å². The first-order chi connectivity index (χ1) is 6.99. The molecule has 1 spiro atoms. The average Bonchev–Trinajstić information content (AvgIpc) is 2.70. The molecule has 5 nitrogen and oxygen atoms in total. The zero-order chi connectivity index (χ0) is 11.2. The molecule has 0 aliphatic heterocycles. The van der Waals surface area contributed by atoms with Gasteiger partial charge in [0.2, 0.25) is 0 Å². The van der Waals surface area contributed by atoms with E-state index in [1.807, 2.05) is 0 Å². The largest absolute Gasteiger partial charge is 0.481 e. The predicted molar refractivity (Wildman–Crippen MR) is 51.1 cm³/mol. The first-order valence-corrected chi connectivity index (χ1v) is 5.20. The van der Waals surface area contributed by atoms with E-state index in [2.05, 4.69) is 0 Å². The van der Waals surface area contributed by atoms with Gasteiger partial charge in [0, 0.05) is 0 Å². The predicted octanol–water partition coefficient (Wildman–Crippen LogP) is 0.289. The number of hydrogen-bond donors (Lipinski definition) is 3. The molecule has 4 N–H and O–H groups in total. The molecule has 3 unspecified atom stereocenters. The molecule has 2 saturated carbocycles. The van der Waals surface area contributed by atoms with Gasteiger partial charge in [-0.25, -0.2) is 0 Å². The monoisotopic (exact) mass is 213 g/mol. The Labute approximate surface area is 87.3 Å². The number of carboxylic acids is 2. The van der Waals surface area contributed by atoms with Crippen LogP contribution in [0.25, 0.3) is 0 Å². The van der Waals surface area contributed by atoms with Crippen molar-refractivity contribution in [1.29, 1.82) is 0 Å². The van der Waals surface area contributed by atoms with E-state index < -0.39 is 18.0 Å². The van der Waals surface area contributed by atoms with E-state index in [0.29, 0.717) is 6.42 Å². The van der Waals surface area contributed by atoms with Crippen molar-refractivity contribution in [3.05, 3.63) is 0 Å². The lowest BCUT2D eigenvalue weighted by Crippen LogP contribution is -2.41. The third-order valence-electron chi connectivity index (χ3n) is 4.03. The summed E-state index contributed by atoms with van der Waals surface area (Å²) in [5.74, 6) is -2.34. The molecule has 0 aromatic carbocycles. The second kappa shape index (κ2) is 3.20. The quantitative estimate of drug-likeness (QED) is 0.625. The topological polar surface area (TPSA) is 101 Å². The Hall–Kier alpha value is -1.10. The number of hydrogen-bond acceptors (Lipinski definition) is 3. The fourth-order valence-corrected chi connectivity index (χ4v) is 3.17. The first-order valence-electron chi connectivity index (χ1n) is 5.20. The maximum atomic E-state index is 10.9. The van der Waals surface area contributed by atoms with Crippen LogP contribution < -0.4 is 5.73 Å². The summed E-state index contributed by atoms with van der Waals surface area (Å²) in [5.41, 5.74) is 5.31. The van der Waals surface area contributed by atoms with Gasteiger partial charge in [-0.2, -0.15) is 0 Å². The minimum atomic E-state index is -1.02. The zero-order valence-corrected chi connectivity index (χ0v) is 8.35. The van der Waals surface area contributed by atoms with Crippen molar-refractivity contribution in [3.63, 3.8) is 0 Å². The van der Waals surface area contributed by atoms with Gasteiger partial charge in [0.15, 0.2) is 0 Å². The van der Waals surface area contributed by atoms with Crippen LogP contribution in [-0.2, 0) is 9.59 Å². The van der Waals surface area contributed by atoms with Crippen LogP contribution in [0, 0.1) is 17.3 Å². The molecule has 2 aliphatic rings. The van der Waals surface area contributed by atoms with Gasteiger partial charge in [-0.3, -0.25) is 9.59 Å². The molecule has 0 radical (unpaired) electrons. The first kappa shape index (κ1) is 10.4. The summed E-state index contributed by atoms with van der Waals surface area (Å²) in [5, 5.41) is 17.8. The van der Waals surface area contributed by atoms with E-state index in [0.717, 1.165) is 19.3 Å². The highest BCUT2D eigenvalue weighted by atomic mass is 16.4. The molecule has 0 bridgehead atoms. The Balaban J connectivity index is 2.14. The van der Waals surface area contributed by atoms with Gasteiger partial charge in [0.25, 0.3) is 0 Å². The maximum Gasteiger partial charge on any atom is 0.320 e. The highest BCUT2D eigenvalue weighted by Crippen LogP contribution is 2.66. The van der Waals surface area contributed by atoms with Crippen molar-refractivity contribution in [2.24, 2.45) is 23.0 Å². The van der Waals surface area contributed by atoms with Crippen molar-refractivity contribution in [2.45, 2.75) is 31.7 Å². The van der Waals surface area contributed by atoms with Gasteiger partial charge in [-0.15, -0.1) is 0 Å². The number of aliphatic carboxylic acids is 2. The Bertz CT molecular complexity index is 317. The molecule has 0 aromatic heterocycles. The molecule has 4 atom stereocenters. The summed E-state index contributed by atoms with van der Waals surface area (Å²) >= 11 is 0. The van der Waals surface area contributed by atoms with Crippen LogP contribution in [0.2, 0.25) is 0 Å². The maximum absolute atomic E-state index is 10.9. The van der Waals surface area contributed by atoms with E-state index in [1.54, 1.807) is 0 Å². The lowest BCUT2D eigenvalue weighted by molar-refractivity contribution is -0.143. The van der Waals surface area contributed by atoms with Crippen molar-refractivity contribution >= 4 is 11.9 Å². The van der Waals surface area contributed by atoms with E-state index in [-0.39, 0.29) is 17.3 Å². The summed E-state index contributed by atoms with van der Waals surface area (Å²) in [4.78, 5) is 21.7. The Morgan fingerprint density at radius 3 is 2.53 bits per heavy atom.